The number of anilines is 1. The minimum absolute atomic E-state index is 0.283. The van der Waals surface area contributed by atoms with E-state index in [1.807, 2.05) is 19.1 Å². The summed E-state index contributed by atoms with van der Waals surface area (Å²) in [7, 11) is 0. The van der Waals surface area contributed by atoms with E-state index in [-0.39, 0.29) is 17.3 Å². The highest BCUT2D eigenvalue weighted by atomic mass is 35.5. The predicted octanol–water partition coefficient (Wildman–Crippen LogP) is 5.79. The maximum atomic E-state index is 12.9. The first-order chi connectivity index (χ1) is 12.5. The van der Waals surface area contributed by atoms with Crippen LogP contribution in [-0.4, -0.2) is 11.7 Å². The van der Waals surface area contributed by atoms with Crippen molar-refractivity contribution in [3.05, 3.63) is 99.0 Å². The Kier molecular flexibility index (Phi) is 5.40. The lowest BCUT2D eigenvalue weighted by Gasteiger charge is -2.12. The molecule has 0 bridgehead atoms. The fraction of sp³-hybridized carbons (Fsp3) is 0.0476. The SMILES string of the molecule is Cc1ccc(C(=O)Nc2ccc(Cl)cc2C(=O)c2ccccc2Cl)cc1. The van der Waals surface area contributed by atoms with E-state index in [0.29, 0.717) is 26.9 Å². The van der Waals surface area contributed by atoms with Crippen molar-refractivity contribution >= 4 is 40.6 Å². The van der Waals surface area contributed by atoms with E-state index >= 15 is 0 Å². The average molecular weight is 384 g/mol. The van der Waals surface area contributed by atoms with Crippen molar-refractivity contribution in [2.45, 2.75) is 6.92 Å². The van der Waals surface area contributed by atoms with Gasteiger partial charge in [0.1, 0.15) is 0 Å². The smallest absolute Gasteiger partial charge is 0.255 e. The molecule has 130 valence electrons. The normalized spacial score (nSPS) is 10.4. The molecule has 0 fully saturated rings. The second-order valence-electron chi connectivity index (χ2n) is 5.82. The second kappa shape index (κ2) is 7.73. The van der Waals surface area contributed by atoms with Gasteiger partial charge in [0.2, 0.25) is 0 Å². The Balaban J connectivity index is 1.96. The van der Waals surface area contributed by atoms with Crippen molar-refractivity contribution in [3.63, 3.8) is 0 Å². The molecule has 26 heavy (non-hydrogen) atoms. The molecule has 3 rings (SSSR count). The molecule has 0 unspecified atom stereocenters. The highest BCUT2D eigenvalue weighted by molar-refractivity contribution is 6.36. The summed E-state index contributed by atoms with van der Waals surface area (Å²) in [6, 6.07) is 18.7. The number of benzene rings is 3. The summed E-state index contributed by atoms with van der Waals surface area (Å²) in [6.07, 6.45) is 0. The fourth-order valence-electron chi connectivity index (χ4n) is 2.50. The number of halogens is 2. The highest BCUT2D eigenvalue weighted by Gasteiger charge is 2.18. The third-order valence-corrected chi connectivity index (χ3v) is 4.47. The van der Waals surface area contributed by atoms with Crippen molar-refractivity contribution < 1.29 is 9.59 Å². The van der Waals surface area contributed by atoms with Crippen LogP contribution < -0.4 is 5.32 Å². The lowest BCUT2D eigenvalue weighted by molar-refractivity contribution is 0.102. The number of carbonyl (C=O) groups is 2. The molecule has 3 aromatic rings. The molecule has 1 amide bonds. The Morgan fingerprint density at radius 1 is 0.846 bits per heavy atom. The molecule has 0 radical (unpaired) electrons. The summed E-state index contributed by atoms with van der Waals surface area (Å²) in [5.41, 5.74) is 2.57. The Hall–Kier alpha value is -2.62. The zero-order chi connectivity index (χ0) is 18.7. The summed E-state index contributed by atoms with van der Waals surface area (Å²) in [4.78, 5) is 25.4. The van der Waals surface area contributed by atoms with Gasteiger partial charge in [-0.05, 0) is 49.4 Å². The van der Waals surface area contributed by atoms with E-state index in [1.54, 1.807) is 48.5 Å². The van der Waals surface area contributed by atoms with Crippen molar-refractivity contribution in [2.75, 3.05) is 5.32 Å². The quantitative estimate of drug-likeness (QED) is 0.579. The molecule has 0 atom stereocenters. The summed E-state index contributed by atoms with van der Waals surface area (Å²) >= 11 is 12.2. The molecule has 1 N–H and O–H groups in total. The molecule has 0 aromatic heterocycles. The number of hydrogen-bond acceptors (Lipinski definition) is 2. The van der Waals surface area contributed by atoms with Crippen LogP contribution in [0.15, 0.2) is 66.7 Å². The zero-order valence-electron chi connectivity index (χ0n) is 13.9. The number of aryl methyl sites for hydroxylation is 1. The van der Waals surface area contributed by atoms with Gasteiger partial charge in [0.05, 0.1) is 10.7 Å². The molecule has 0 saturated heterocycles. The van der Waals surface area contributed by atoms with Gasteiger partial charge >= 0.3 is 0 Å². The van der Waals surface area contributed by atoms with Crippen LogP contribution in [0.3, 0.4) is 0 Å². The summed E-state index contributed by atoms with van der Waals surface area (Å²) in [5.74, 6) is -0.613. The molecule has 0 saturated carbocycles. The lowest BCUT2D eigenvalue weighted by Crippen LogP contribution is -2.15. The van der Waals surface area contributed by atoms with Crippen molar-refractivity contribution in [1.82, 2.24) is 0 Å². The van der Waals surface area contributed by atoms with Crippen LogP contribution in [0, 0.1) is 6.92 Å². The van der Waals surface area contributed by atoms with Gasteiger partial charge in [-0.1, -0.05) is 53.0 Å². The van der Waals surface area contributed by atoms with Crippen LogP contribution in [0.1, 0.15) is 31.8 Å². The van der Waals surface area contributed by atoms with Gasteiger partial charge in [0.15, 0.2) is 5.78 Å². The van der Waals surface area contributed by atoms with Crippen LogP contribution in [0.2, 0.25) is 10.0 Å². The number of ketones is 1. The first-order valence-corrected chi connectivity index (χ1v) is 8.68. The number of nitrogens with one attached hydrogen (secondary N) is 1. The van der Waals surface area contributed by atoms with Gasteiger partial charge in [-0.2, -0.15) is 0 Å². The van der Waals surface area contributed by atoms with E-state index in [0.717, 1.165) is 5.56 Å². The maximum Gasteiger partial charge on any atom is 0.255 e. The van der Waals surface area contributed by atoms with Crippen LogP contribution in [0.4, 0.5) is 5.69 Å². The van der Waals surface area contributed by atoms with Gasteiger partial charge in [-0.25, -0.2) is 0 Å². The minimum atomic E-state index is -0.308. The number of rotatable bonds is 4. The van der Waals surface area contributed by atoms with Crippen molar-refractivity contribution in [2.24, 2.45) is 0 Å². The molecule has 5 heteroatoms. The van der Waals surface area contributed by atoms with Crippen LogP contribution in [0.5, 0.6) is 0 Å². The average Bonchev–Trinajstić information content (AvgIpc) is 2.63. The summed E-state index contributed by atoms with van der Waals surface area (Å²) < 4.78 is 0. The molecule has 3 nitrogen and oxygen atoms in total. The third-order valence-electron chi connectivity index (χ3n) is 3.91. The summed E-state index contributed by atoms with van der Waals surface area (Å²) in [6.45, 7) is 1.95. The van der Waals surface area contributed by atoms with Crippen LogP contribution in [0.25, 0.3) is 0 Å². The van der Waals surface area contributed by atoms with Crippen molar-refractivity contribution in [1.29, 1.82) is 0 Å². The second-order valence-corrected chi connectivity index (χ2v) is 6.66. The number of carbonyl (C=O) groups excluding carboxylic acids is 2. The highest BCUT2D eigenvalue weighted by Crippen LogP contribution is 2.27. The molecule has 0 spiro atoms. The van der Waals surface area contributed by atoms with E-state index in [2.05, 4.69) is 5.32 Å². The Morgan fingerprint density at radius 2 is 1.54 bits per heavy atom. The van der Waals surface area contributed by atoms with E-state index in [1.165, 1.54) is 6.07 Å². The lowest BCUT2D eigenvalue weighted by atomic mass is 10.0. The van der Waals surface area contributed by atoms with E-state index in [4.69, 9.17) is 23.2 Å². The third kappa shape index (κ3) is 3.96. The Labute approximate surface area is 161 Å². The predicted molar refractivity (Wildman–Crippen MR) is 105 cm³/mol. The molecule has 0 heterocycles. The molecule has 3 aromatic carbocycles. The first-order valence-electron chi connectivity index (χ1n) is 7.92. The Morgan fingerprint density at radius 3 is 2.23 bits per heavy atom. The van der Waals surface area contributed by atoms with E-state index in [9.17, 15) is 9.59 Å². The molecule has 0 aliphatic rings. The largest absolute Gasteiger partial charge is 0.321 e. The van der Waals surface area contributed by atoms with Crippen LogP contribution in [-0.2, 0) is 0 Å². The molecular formula is C21H15Cl2NO2. The van der Waals surface area contributed by atoms with Gasteiger partial charge in [0.25, 0.3) is 5.91 Å². The maximum absolute atomic E-state index is 12.9. The van der Waals surface area contributed by atoms with Crippen LogP contribution >= 0.6 is 23.2 Å². The molecule has 0 aliphatic heterocycles. The monoisotopic (exact) mass is 383 g/mol. The minimum Gasteiger partial charge on any atom is -0.321 e. The van der Waals surface area contributed by atoms with Gasteiger partial charge in [-0.15, -0.1) is 0 Å². The summed E-state index contributed by atoms with van der Waals surface area (Å²) in [5, 5.41) is 3.52. The number of hydrogen-bond donors (Lipinski definition) is 1. The fourth-order valence-corrected chi connectivity index (χ4v) is 2.90. The molecule has 0 aliphatic carbocycles. The van der Waals surface area contributed by atoms with E-state index < -0.39 is 0 Å². The number of amides is 1. The first kappa shape index (κ1) is 18.2. The Bertz CT molecular complexity index is 982. The van der Waals surface area contributed by atoms with Gasteiger partial charge < -0.3 is 5.32 Å². The zero-order valence-corrected chi connectivity index (χ0v) is 15.4. The van der Waals surface area contributed by atoms with Gasteiger partial charge in [0, 0.05) is 21.7 Å². The standard InChI is InChI=1S/C21H15Cl2NO2/c1-13-6-8-14(9-7-13)21(26)24-19-11-10-15(22)12-17(19)20(25)16-4-2-3-5-18(16)23/h2-12H,1H3,(H,24,26). The molecular weight excluding hydrogens is 369 g/mol. The topological polar surface area (TPSA) is 46.2 Å². The van der Waals surface area contributed by atoms with Gasteiger partial charge in [-0.3, -0.25) is 9.59 Å². The van der Waals surface area contributed by atoms with Crippen molar-refractivity contribution in [3.8, 4) is 0 Å².